The van der Waals surface area contributed by atoms with Gasteiger partial charge in [0.25, 0.3) is 5.56 Å². The lowest BCUT2D eigenvalue weighted by molar-refractivity contribution is -0.138. The van der Waals surface area contributed by atoms with Crippen molar-refractivity contribution in [2.75, 3.05) is 13.1 Å². The van der Waals surface area contributed by atoms with Crippen LogP contribution in [0.1, 0.15) is 30.1 Å². The van der Waals surface area contributed by atoms with E-state index in [2.05, 4.69) is 10.2 Å². The highest BCUT2D eigenvalue weighted by Gasteiger charge is 2.27. The van der Waals surface area contributed by atoms with Gasteiger partial charge in [-0.1, -0.05) is 0 Å². The normalized spacial score (nSPS) is 17.3. The van der Waals surface area contributed by atoms with Crippen LogP contribution in [0.15, 0.2) is 29.2 Å². The van der Waals surface area contributed by atoms with Crippen molar-refractivity contribution in [2.45, 2.75) is 38.8 Å². The Labute approximate surface area is 149 Å². The van der Waals surface area contributed by atoms with E-state index in [-0.39, 0.29) is 30.5 Å². The van der Waals surface area contributed by atoms with E-state index in [1.807, 2.05) is 0 Å². The molecule has 0 aromatic carbocycles. The van der Waals surface area contributed by atoms with E-state index in [0.29, 0.717) is 18.8 Å². The number of nitrogens with zero attached hydrogens (tertiary/aromatic N) is 5. The van der Waals surface area contributed by atoms with Crippen LogP contribution < -0.4 is 5.56 Å². The first kappa shape index (κ1) is 17.8. The Morgan fingerprint density at radius 1 is 1.23 bits per heavy atom. The van der Waals surface area contributed by atoms with Gasteiger partial charge in [0.15, 0.2) is 0 Å². The van der Waals surface area contributed by atoms with Crippen LogP contribution in [0.4, 0.5) is 0 Å². The second-order valence-corrected chi connectivity index (χ2v) is 6.46. The number of hydrogen-bond donors (Lipinski definition) is 1. The number of aliphatic carboxylic acids is 1. The molecular weight excluding hydrogens is 338 g/mol. The Balaban J connectivity index is 1.71. The van der Waals surface area contributed by atoms with Crippen molar-refractivity contribution in [3.05, 3.63) is 46.1 Å². The molecule has 3 heterocycles. The van der Waals surface area contributed by atoms with Crippen LogP contribution in [0.25, 0.3) is 0 Å². The van der Waals surface area contributed by atoms with Crippen molar-refractivity contribution in [3.63, 3.8) is 0 Å². The summed E-state index contributed by atoms with van der Waals surface area (Å²) in [6.07, 6.45) is 3.25. The number of aromatic nitrogens is 4. The minimum atomic E-state index is -0.955. The smallest absolute Gasteiger partial charge is 0.325 e. The predicted octanol–water partition coefficient (Wildman–Crippen LogP) is 0.239. The Kier molecular flexibility index (Phi) is 5.15. The van der Waals surface area contributed by atoms with Gasteiger partial charge in [0.05, 0.1) is 5.69 Å². The third kappa shape index (κ3) is 3.98. The van der Waals surface area contributed by atoms with E-state index in [1.54, 1.807) is 30.2 Å². The van der Waals surface area contributed by atoms with Crippen LogP contribution in [0, 0.1) is 6.92 Å². The molecule has 2 aromatic rings. The second-order valence-electron chi connectivity index (χ2n) is 6.46. The molecule has 3 rings (SSSR count). The van der Waals surface area contributed by atoms with E-state index < -0.39 is 5.97 Å². The lowest BCUT2D eigenvalue weighted by Crippen LogP contribution is -2.43. The molecule has 9 nitrogen and oxygen atoms in total. The van der Waals surface area contributed by atoms with Crippen LogP contribution in [0.5, 0.6) is 0 Å². The first-order valence-corrected chi connectivity index (χ1v) is 8.50. The SMILES string of the molecule is Cc1ccc(=O)n(CC(=O)N2CCC[C@H](c3ccnn3CC(=O)O)C2)n1. The van der Waals surface area contributed by atoms with Gasteiger partial charge in [-0.05, 0) is 31.9 Å². The zero-order chi connectivity index (χ0) is 18.7. The third-order valence-electron chi connectivity index (χ3n) is 4.51. The molecule has 0 radical (unpaired) electrons. The molecule has 0 unspecified atom stereocenters. The van der Waals surface area contributed by atoms with Gasteiger partial charge in [-0.3, -0.25) is 19.1 Å². The van der Waals surface area contributed by atoms with Gasteiger partial charge in [-0.25, -0.2) is 4.68 Å². The maximum atomic E-state index is 12.6. The number of amides is 1. The summed E-state index contributed by atoms with van der Waals surface area (Å²) in [4.78, 5) is 37.2. The fourth-order valence-electron chi connectivity index (χ4n) is 3.29. The van der Waals surface area contributed by atoms with Crippen LogP contribution in [-0.4, -0.2) is 54.5 Å². The number of carbonyl (C=O) groups excluding carboxylic acids is 1. The maximum absolute atomic E-state index is 12.6. The minimum Gasteiger partial charge on any atom is -0.480 e. The van der Waals surface area contributed by atoms with Gasteiger partial charge >= 0.3 is 5.97 Å². The predicted molar refractivity (Wildman–Crippen MR) is 91.7 cm³/mol. The molecule has 0 spiro atoms. The molecule has 1 N–H and O–H groups in total. The minimum absolute atomic E-state index is 0.0248. The summed E-state index contributed by atoms with van der Waals surface area (Å²) in [5.41, 5.74) is 1.18. The quantitative estimate of drug-likeness (QED) is 0.819. The molecule has 1 fully saturated rings. The number of carboxylic acid groups (broad SMARTS) is 1. The van der Waals surface area contributed by atoms with E-state index in [4.69, 9.17) is 5.11 Å². The van der Waals surface area contributed by atoms with Crippen molar-refractivity contribution in [2.24, 2.45) is 0 Å². The Morgan fingerprint density at radius 2 is 2.04 bits per heavy atom. The summed E-state index contributed by atoms with van der Waals surface area (Å²) in [5, 5.41) is 17.2. The first-order chi connectivity index (χ1) is 12.4. The lowest BCUT2D eigenvalue weighted by atomic mass is 9.94. The summed E-state index contributed by atoms with van der Waals surface area (Å²) >= 11 is 0. The number of piperidine rings is 1. The van der Waals surface area contributed by atoms with E-state index in [0.717, 1.165) is 18.5 Å². The van der Waals surface area contributed by atoms with Crippen LogP contribution >= 0.6 is 0 Å². The van der Waals surface area contributed by atoms with Gasteiger partial charge in [0.1, 0.15) is 13.1 Å². The topological polar surface area (TPSA) is 110 Å². The average molecular weight is 359 g/mol. The number of aryl methyl sites for hydroxylation is 1. The zero-order valence-electron chi connectivity index (χ0n) is 14.5. The number of rotatable bonds is 5. The zero-order valence-corrected chi connectivity index (χ0v) is 14.5. The molecule has 0 saturated carbocycles. The average Bonchev–Trinajstić information content (AvgIpc) is 3.05. The molecule has 0 aliphatic carbocycles. The molecule has 1 amide bonds. The molecule has 2 aromatic heterocycles. The summed E-state index contributed by atoms with van der Waals surface area (Å²) in [6.45, 7) is 2.56. The van der Waals surface area contributed by atoms with Gasteiger partial charge in [0.2, 0.25) is 5.91 Å². The number of carboxylic acids is 1. The number of carbonyl (C=O) groups is 2. The highest BCUT2D eigenvalue weighted by Crippen LogP contribution is 2.26. The highest BCUT2D eigenvalue weighted by molar-refractivity contribution is 5.76. The number of likely N-dealkylation sites (tertiary alicyclic amines) is 1. The Morgan fingerprint density at radius 3 is 2.81 bits per heavy atom. The van der Waals surface area contributed by atoms with E-state index in [1.165, 1.54) is 15.4 Å². The van der Waals surface area contributed by atoms with E-state index in [9.17, 15) is 14.4 Å². The second kappa shape index (κ2) is 7.51. The largest absolute Gasteiger partial charge is 0.480 e. The van der Waals surface area contributed by atoms with Gasteiger partial charge in [-0.15, -0.1) is 0 Å². The third-order valence-corrected chi connectivity index (χ3v) is 4.51. The Hall–Kier alpha value is -2.97. The van der Waals surface area contributed by atoms with Crippen molar-refractivity contribution in [1.82, 2.24) is 24.5 Å². The van der Waals surface area contributed by atoms with Gasteiger partial charge in [-0.2, -0.15) is 10.2 Å². The molecule has 0 bridgehead atoms. The number of hydrogen-bond acceptors (Lipinski definition) is 5. The lowest BCUT2D eigenvalue weighted by Gasteiger charge is -2.33. The fraction of sp³-hybridized carbons (Fsp3) is 0.471. The van der Waals surface area contributed by atoms with Crippen molar-refractivity contribution >= 4 is 11.9 Å². The van der Waals surface area contributed by atoms with Gasteiger partial charge in [0, 0.05) is 37.0 Å². The van der Waals surface area contributed by atoms with Crippen LogP contribution in [0.2, 0.25) is 0 Å². The molecule has 1 aliphatic rings. The van der Waals surface area contributed by atoms with Crippen molar-refractivity contribution in [3.8, 4) is 0 Å². The van der Waals surface area contributed by atoms with Crippen LogP contribution in [-0.2, 0) is 22.7 Å². The summed E-state index contributed by atoms with van der Waals surface area (Å²) < 4.78 is 2.64. The summed E-state index contributed by atoms with van der Waals surface area (Å²) in [5.74, 6) is -1.10. The van der Waals surface area contributed by atoms with Crippen molar-refractivity contribution in [1.29, 1.82) is 0 Å². The molecule has 138 valence electrons. The molecule has 26 heavy (non-hydrogen) atoms. The molecule has 1 atom stereocenters. The maximum Gasteiger partial charge on any atom is 0.325 e. The van der Waals surface area contributed by atoms with Crippen molar-refractivity contribution < 1.29 is 14.7 Å². The molecule has 1 saturated heterocycles. The van der Waals surface area contributed by atoms with E-state index >= 15 is 0 Å². The first-order valence-electron chi connectivity index (χ1n) is 8.50. The van der Waals surface area contributed by atoms with Gasteiger partial charge < -0.3 is 10.0 Å². The molecular formula is C17H21N5O4. The Bertz CT molecular complexity index is 872. The molecule has 9 heteroatoms. The summed E-state index contributed by atoms with van der Waals surface area (Å²) in [6, 6.07) is 4.82. The molecule has 1 aliphatic heterocycles. The summed E-state index contributed by atoms with van der Waals surface area (Å²) in [7, 11) is 0. The monoisotopic (exact) mass is 359 g/mol. The van der Waals surface area contributed by atoms with Crippen LogP contribution in [0.3, 0.4) is 0 Å². The highest BCUT2D eigenvalue weighted by atomic mass is 16.4. The standard InChI is InChI=1S/C17H21N5O4/c1-12-4-5-15(23)22(19-12)10-16(24)20-8-2-3-13(9-20)14-6-7-18-21(14)11-17(25)26/h4-7,13H,2-3,8-11H2,1H3,(H,25,26)/t13-/m0/s1. The fourth-order valence-corrected chi connectivity index (χ4v) is 3.29.